The van der Waals surface area contributed by atoms with E-state index in [1.165, 1.54) is 25.3 Å². The molecule has 0 radical (unpaired) electrons. The standard InChI is InChI=1S/C25H29FN4O/c1-17-27-24-22(26)7-4-8-23(24)30(17)15-18-9-11-19(12-10-18)25(31)28(2)21-13-14-29(16-21)20-5-3-6-20/h4,7-12,20-21H,3,5-6,13-16H2,1-2H3/t21-/m1/s1. The predicted molar refractivity (Wildman–Crippen MR) is 120 cm³/mol. The van der Waals surface area contributed by atoms with Crippen LogP contribution in [0.1, 0.15) is 47.4 Å². The van der Waals surface area contributed by atoms with Crippen molar-refractivity contribution >= 4 is 16.9 Å². The van der Waals surface area contributed by atoms with Crippen LogP contribution in [-0.4, -0.2) is 57.5 Å². The quantitative estimate of drug-likeness (QED) is 0.620. The van der Waals surface area contributed by atoms with Crippen molar-refractivity contribution in [3.05, 3.63) is 65.2 Å². The number of carbonyl (C=O) groups excluding carboxylic acids is 1. The highest BCUT2D eigenvalue weighted by molar-refractivity contribution is 5.94. The summed E-state index contributed by atoms with van der Waals surface area (Å²) in [5.41, 5.74) is 2.96. The molecule has 6 heteroatoms. The molecule has 1 amide bonds. The summed E-state index contributed by atoms with van der Waals surface area (Å²) in [6.07, 6.45) is 5.02. The fourth-order valence-electron chi connectivity index (χ4n) is 4.90. The Morgan fingerprint density at radius 3 is 2.65 bits per heavy atom. The lowest BCUT2D eigenvalue weighted by atomic mass is 9.92. The molecule has 2 heterocycles. The second-order valence-electron chi connectivity index (χ2n) is 8.99. The first-order valence-electron chi connectivity index (χ1n) is 11.2. The van der Waals surface area contributed by atoms with E-state index in [2.05, 4.69) is 9.88 Å². The summed E-state index contributed by atoms with van der Waals surface area (Å²) in [4.78, 5) is 21.9. The van der Waals surface area contributed by atoms with Gasteiger partial charge in [0.15, 0.2) is 5.82 Å². The molecule has 5 rings (SSSR count). The van der Waals surface area contributed by atoms with E-state index in [1.807, 2.05) is 53.8 Å². The first-order chi connectivity index (χ1) is 15.0. The summed E-state index contributed by atoms with van der Waals surface area (Å²) >= 11 is 0. The number of likely N-dealkylation sites (N-methyl/N-ethyl adjacent to an activating group) is 1. The number of benzene rings is 2. The Morgan fingerprint density at radius 1 is 1.16 bits per heavy atom. The van der Waals surface area contributed by atoms with E-state index < -0.39 is 0 Å². The largest absolute Gasteiger partial charge is 0.337 e. The molecule has 0 spiro atoms. The second-order valence-corrected chi connectivity index (χ2v) is 8.99. The molecule has 2 aliphatic rings. The van der Waals surface area contributed by atoms with E-state index in [-0.39, 0.29) is 11.7 Å². The molecule has 1 aliphatic heterocycles. The Labute approximate surface area is 182 Å². The zero-order chi connectivity index (χ0) is 21.5. The highest BCUT2D eigenvalue weighted by atomic mass is 19.1. The molecule has 0 bridgehead atoms. The molecule has 31 heavy (non-hydrogen) atoms. The van der Waals surface area contributed by atoms with Gasteiger partial charge in [-0.2, -0.15) is 0 Å². The summed E-state index contributed by atoms with van der Waals surface area (Å²) < 4.78 is 16.0. The Kier molecular flexibility index (Phi) is 5.26. The molecule has 1 saturated heterocycles. The number of imidazole rings is 1. The molecule has 3 aromatic rings. The van der Waals surface area contributed by atoms with Crippen LogP contribution in [0.4, 0.5) is 4.39 Å². The van der Waals surface area contributed by atoms with Crippen molar-refractivity contribution in [2.45, 2.75) is 51.2 Å². The molecule has 1 aromatic heterocycles. The highest BCUT2D eigenvalue weighted by Gasteiger charge is 2.34. The first-order valence-corrected chi connectivity index (χ1v) is 11.2. The van der Waals surface area contributed by atoms with Gasteiger partial charge in [0, 0.05) is 44.3 Å². The zero-order valence-corrected chi connectivity index (χ0v) is 18.2. The van der Waals surface area contributed by atoms with Gasteiger partial charge in [-0.15, -0.1) is 0 Å². The Morgan fingerprint density at radius 2 is 1.94 bits per heavy atom. The van der Waals surface area contributed by atoms with Gasteiger partial charge in [0.1, 0.15) is 11.3 Å². The molecular weight excluding hydrogens is 391 g/mol. The van der Waals surface area contributed by atoms with E-state index in [9.17, 15) is 9.18 Å². The van der Waals surface area contributed by atoms with E-state index in [4.69, 9.17) is 0 Å². The molecule has 5 nitrogen and oxygen atoms in total. The van der Waals surface area contributed by atoms with E-state index in [0.29, 0.717) is 23.7 Å². The summed E-state index contributed by atoms with van der Waals surface area (Å²) in [6.45, 7) is 4.58. The van der Waals surface area contributed by atoms with Crippen LogP contribution in [0.5, 0.6) is 0 Å². The molecule has 2 fully saturated rings. The van der Waals surface area contributed by atoms with Gasteiger partial charge in [-0.05, 0) is 56.0 Å². The number of nitrogens with zero attached hydrogens (tertiary/aromatic N) is 4. The number of halogens is 1. The molecular formula is C25H29FN4O. The van der Waals surface area contributed by atoms with Crippen molar-refractivity contribution in [2.75, 3.05) is 20.1 Å². The predicted octanol–water partition coefficient (Wildman–Crippen LogP) is 4.23. The fourth-order valence-corrected chi connectivity index (χ4v) is 4.90. The van der Waals surface area contributed by atoms with Crippen molar-refractivity contribution in [2.24, 2.45) is 0 Å². The molecule has 1 saturated carbocycles. The van der Waals surface area contributed by atoms with Gasteiger partial charge in [-0.1, -0.05) is 24.6 Å². The normalized spacial score (nSPS) is 19.6. The van der Waals surface area contributed by atoms with Crippen LogP contribution in [0.2, 0.25) is 0 Å². The van der Waals surface area contributed by atoms with Gasteiger partial charge < -0.3 is 9.47 Å². The number of carbonyl (C=O) groups is 1. The van der Waals surface area contributed by atoms with Crippen LogP contribution in [0.3, 0.4) is 0 Å². The third kappa shape index (κ3) is 3.74. The summed E-state index contributed by atoms with van der Waals surface area (Å²) in [5.74, 6) is 0.557. The third-order valence-electron chi connectivity index (χ3n) is 7.12. The van der Waals surface area contributed by atoms with Crippen LogP contribution < -0.4 is 0 Å². The van der Waals surface area contributed by atoms with Gasteiger partial charge in [0.2, 0.25) is 0 Å². The number of hydrogen-bond acceptors (Lipinski definition) is 3. The summed E-state index contributed by atoms with van der Waals surface area (Å²) in [7, 11) is 1.93. The third-order valence-corrected chi connectivity index (χ3v) is 7.12. The van der Waals surface area contributed by atoms with Crippen molar-refractivity contribution in [1.29, 1.82) is 0 Å². The highest BCUT2D eigenvalue weighted by Crippen LogP contribution is 2.29. The molecule has 0 unspecified atom stereocenters. The first kappa shape index (κ1) is 20.2. The lowest BCUT2D eigenvalue weighted by Crippen LogP contribution is -2.43. The average Bonchev–Trinajstić information content (AvgIpc) is 3.33. The van der Waals surface area contributed by atoms with E-state index in [1.54, 1.807) is 6.07 Å². The monoisotopic (exact) mass is 420 g/mol. The number of rotatable bonds is 5. The molecule has 0 N–H and O–H groups in total. The van der Waals surface area contributed by atoms with Gasteiger partial charge in [-0.25, -0.2) is 9.37 Å². The van der Waals surface area contributed by atoms with Crippen LogP contribution in [0, 0.1) is 12.7 Å². The maximum absolute atomic E-state index is 14.0. The number of aryl methyl sites for hydroxylation is 1. The number of fused-ring (bicyclic) bond motifs is 1. The summed E-state index contributed by atoms with van der Waals surface area (Å²) in [6, 6.07) is 13.9. The van der Waals surface area contributed by atoms with E-state index >= 15 is 0 Å². The van der Waals surface area contributed by atoms with Gasteiger partial charge >= 0.3 is 0 Å². The summed E-state index contributed by atoms with van der Waals surface area (Å²) in [5, 5.41) is 0. The van der Waals surface area contributed by atoms with E-state index in [0.717, 1.165) is 42.5 Å². The Hall–Kier alpha value is -2.73. The minimum atomic E-state index is -0.300. The maximum Gasteiger partial charge on any atom is 0.253 e. The van der Waals surface area contributed by atoms with Crippen molar-refractivity contribution in [3.63, 3.8) is 0 Å². The van der Waals surface area contributed by atoms with Crippen LogP contribution in [0.25, 0.3) is 11.0 Å². The van der Waals surface area contributed by atoms with Gasteiger partial charge in [0.05, 0.1) is 5.52 Å². The SMILES string of the molecule is Cc1nc2c(F)cccc2n1Cc1ccc(C(=O)N(C)[C@@H]2CCN(C3CCC3)C2)cc1. The average molecular weight is 421 g/mol. The smallest absolute Gasteiger partial charge is 0.253 e. The number of hydrogen-bond donors (Lipinski definition) is 0. The Balaban J connectivity index is 1.27. The van der Waals surface area contributed by atoms with Crippen molar-refractivity contribution in [1.82, 2.24) is 19.4 Å². The number of amides is 1. The van der Waals surface area contributed by atoms with Crippen molar-refractivity contribution < 1.29 is 9.18 Å². The molecule has 1 aliphatic carbocycles. The van der Waals surface area contributed by atoms with Crippen molar-refractivity contribution in [3.8, 4) is 0 Å². The fraction of sp³-hybridized carbons (Fsp3) is 0.440. The number of para-hydroxylation sites is 1. The van der Waals surface area contributed by atoms with Crippen LogP contribution >= 0.6 is 0 Å². The van der Waals surface area contributed by atoms with Crippen LogP contribution in [-0.2, 0) is 6.54 Å². The molecule has 162 valence electrons. The van der Waals surface area contributed by atoms with Gasteiger partial charge in [0.25, 0.3) is 5.91 Å². The topological polar surface area (TPSA) is 41.4 Å². The Bertz CT molecular complexity index is 1100. The lowest BCUT2D eigenvalue weighted by Gasteiger charge is -2.35. The van der Waals surface area contributed by atoms with Gasteiger partial charge in [-0.3, -0.25) is 9.69 Å². The second kappa shape index (κ2) is 8.08. The maximum atomic E-state index is 14.0. The minimum absolute atomic E-state index is 0.0818. The van der Waals surface area contributed by atoms with Crippen LogP contribution in [0.15, 0.2) is 42.5 Å². The number of aromatic nitrogens is 2. The zero-order valence-electron chi connectivity index (χ0n) is 18.2. The number of likely N-dealkylation sites (tertiary alicyclic amines) is 1. The molecule has 1 atom stereocenters. The lowest BCUT2D eigenvalue weighted by molar-refractivity contribution is 0.0720. The minimum Gasteiger partial charge on any atom is -0.337 e. The molecule has 2 aromatic carbocycles.